The van der Waals surface area contributed by atoms with Crippen LogP contribution >= 0.6 is 0 Å². The number of urea groups is 1. The number of aromatic nitrogens is 1. The predicted octanol–water partition coefficient (Wildman–Crippen LogP) is 2.95. The molecular weight excluding hydrogens is 298 g/mol. The van der Waals surface area contributed by atoms with Crippen LogP contribution in [0.3, 0.4) is 0 Å². The molecule has 0 saturated heterocycles. The van der Waals surface area contributed by atoms with Crippen molar-refractivity contribution < 1.29 is 18.8 Å². The zero-order valence-electron chi connectivity index (χ0n) is 13.3. The minimum absolute atomic E-state index is 0.152. The average molecular weight is 317 g/mol. The highest BCUT2D eigenvalue weighted by molar-refractivity contribution is 5.88. The van der Waals surface area contributed by atoms with Crippen LogP contribution in [0.15, 0.2) is 22.7 Å². The molecule has 3 rings (SSSR count). The highest BCUT2D eigenvalue weighted by Gasteiger charge is 2.26. The summed E-state index contributed by atoms with van der Waals surface area (Å²) in [6.07, 6.45) is 0.685. The molecule has 1 aromatic heterocycles. The first-order chi connectivity index (χ1) is 11.1. The molecular formula is C16H19N3O4. The summed E-state index contributed by atoms with van der Waals surface area (Å²) >= 11 is 0. The molecule has 2 aromatic rings. The molecule has 7 nitrogen and oxygen atoms in total. The number of nitrogens with zero attached hydrogens (tertiary/aromatic N) is 1. The third kappa shape index (κ3) is 3.23. The number of anilines is 1. The summed E-state index contributed by atoms with van der Waals surface area (Å²) in [6, 6.07) is 5.09. The number of rotatable bonds is 3. The van der Waals surface area contributed by atoms with Gasteiger partial charge >= 0.3 is 6.03 Å². The fourth-order valence-corrected chi connectivity index (χ4v) is 2.65. The highest BCUT2D eigenvalue weighted by Crippen LogP contribution is 2.40. The lowest BCUT2D eigenvalue weighted by Crippen LogP contribution is -2.35. The lowest BCUT2D eigenvalue weighted by molar-refractivity contribution is 0.226. The van der Waals surface area contributed by atoms with Crippen LogP contribution < -0.4 is 20.1 Å². The van der Waals surface area contributed by atoms with Gasteiger partial charge in [0.15, 0.2) is 17.3 Å². The monoisotopic (exact) mass is 317 g/mol. The molecule has 0 aliphatic carbocycles. The smallest absolute Gasteiger partial charge is 0.320 e. The minimum atomic E-state index is -0.336. The van der Waals surface area contributed by atoms with Gasteiger partial charge in [-0.25, -0.2) is 4.79 Å². The Bertz CT molecular complexity index is 726. The van der Waals surface area contributed by atoms with E-state index in [4.69, 9.17) is 14.0 Å². The Labute approximate surface area is 133 Å². The number of nitrogens with one attached hydrogen (secondary N) is 2. The van der Waals surface area contributed by atoms with E-state index in [1.165, 1.54) is 0 Å². The SMILES string of the molecule is COc1cc(C)cc2c1OCC[C@H]2NC(=O)Nc1cc(C)on1. The van der Waals surface area contributed by atoms with E-state index in [1.807, 2.05) is 19.1 Å². The van der Waals surface area contributed by atoms with Crippen molar-refractivity contribution in [3.05, 3.63) is 35.1 Å². The molecule has 1 aromatic carbocycles. The molecule has 122 valence electrons. The molecule has 0 saturated carbocycles. The van der Waals surface area contributed by atoms with Gasteiger partial charge in [-0.3, -0.25) is 5.32 Å². The van der Waals surface area contributed by atoms with Crippen LogP contribution in [0.2, 0.25) is 0 Å². The summed E-state index contributed by atoms with van der Waals surface area (Å²) in [5.74, 6) is 2.39. The fourth-order valence-electron chi connectivity index (χ4n) is 2.65. The van der Waals surface area contributed by atoms with E-state index in [0.29, 0.717) is 36.1 Å². The van der Waals surface area contributed by atoms with Gasteiger partial charge in [0.25, 0.3) is 0 Å². The van der Waals surface area contributed by atoms with Gasteiger partial charge in [0.1, 0.15) is 5.76 Å². The quantitative estimate of drug-likeness (QED) is 0.909. The molecule has 2 N–H and O–H groups in total. The molecule has 0 fully saturated rings. The van der Waals surface area contributed by atoms with Crippen molar-refractivity contribution in [3.8, 4) is 11.5 Å². The fraction of sp³-hybridized carbons (Fsp3) is 0.375. The van der Waals surface area contributed by atoms with E-state index in [9.17, 15) is 4.79 Å². The van der Waals surface area contributed by atoms with Crippen LogP contribution in [0.4, 0.5) is 10.6 Å². The molecule has 1 aliphatic heterocycles. The number of hydrogen-bond donors (Lipinski definition) is 2. The van der Waals surface area contributed by atoms with E-state index >= 15 is 0 Å². The molecule has 1 aliphatic rings. The van der Waals surface area contributed by atoms with Crippen molar-refractivity contribution in [2.75, 3.05) is 19.0 Å². The molecule has 23 heavy (non-hydrogen) atoms. The Hall–Kier alpha value is -2.70. The highest BCUT2D eigenvalue weighted by atomic mass is 16.5. The van der Waals surface area contributed by atoms with Gasteiger partial charge in [0.05, 0.1) is 19.8 Å². The first-order valence-electron chi connectivity index (χ1n) is 7.39. The Balaban J connectivity index is 1.77. The van der Waals surface area contributed by atoms with Crippen molar-refractivity contribution in [2.24, 2.45) is 0 Å². The van der Waals surface area contributed by atoms with Crippen LogP contribution in [0.1, 0.15) is 29.3 Å². The van der Waals surface area contributed by atoms with Crippen molar-refractivity contribution in [1.29, 1.82) is 0 Å². The van der Waals surface area contributed by atoms with Crippen LogP contribution in [0, 0.1) is 13.8 Å². The standard InChI is InChI=1S/C16H19N3O4/c1-9-6-11-12(4-5-22-15(11)13(7-9)21-3)17-16(20)18-14-8-10(2)23-19-14/h6-8,12H,4-5H2,1-3H3,(H2,17,18,19,20)/t12-/m1/s1. The summed E-state index contributed by atoms with van der Waals surface area (Å²) in [4.78, 5) is 12.2. The van der Waals surface area contributed by atoms with Gasteiger partial charge in [-0.15, -0.1) is 0 Å². The summed E-state index contributed by atoms with van der Waals surface area (Å²) in [5.41, 5.74) is 1.96. The second kappa shape index (κ2) is 6.20. The number of benzene rings is 1. The lowest BCUT2D eigenvalue weighted by atomic mass is 9.98. The van der Waals surface area contributed by atoms with Crippen molar-refractivity contribution in [3.63, 3.8) is 0 Å². The predicted molar refractivity (Wildman–Crippen MR) is 84.0 cm³/mol. The van der Waals surface area contributed by atoms with Crippen LogP contribution in [-0.2, 0) is 0 Å². The largest absolute Gasteiger partial charge is 0.493 e. The lowest BCUT2D eigenvalue weighted by Gasteiger charge is -2.28. The van der Waals surface area contributed by atoms with Crippen LogP contribution in [0.25, 0.3) is 0 Å². The van der Waals surface area contributed by atoms with Crippen LogP contribution in [-0.4, -0.2) is 24.9 Å². The van der Waals surface area contributed by atoms with Gasteiger partial charge in [0.2, 0.25) is 0 Å². The van der Waals surface area contributed by atoms with E-state index in [0.717, 1.165) is 11.1 Å². The van der Waals surface area contributed by atoms with Crippen molar-refractivity contribution in [2.45, 2.75) is 26.3 Å². The number of methoxy groups -OCH3 is 1. The topological polar surface area (TPSA) is 85.6 Å². The third-order valence-corrected chi connectivity index (χ3v) is 3.65. The molecule has 2 amide bonds. The van der Waals surface area contributed by atoms with E-state index < -0.39 is 0 Å². The maximum Gasteiger partial charge on any atom is 0.320 e. The zero-order chi connectivity index (χ0) is 16.4. The van der Waals surface area contributed by atoms with E-state index in [2.05, 4.69) is 15.8 Å². The van der Waals surface area contributed by atoms with Crippen molar-refractivity contribution in [1.82, 2.24) is 10.5 Å². The molecule has 1 atom stereocenters. The number of aryl methyl sites for hydroxylation is 2. The second-order valence-electron chi connectivity index (χ2n) is 5.50. The number of amides is 2. The summed E-state index contributed by atoms with van der Waals surface area (Å²) < 4.78 is 16.0. The maximum absolute atomic E-state index is 12.2. The molecule has 0 bridgehead atoms. The van der Waals surface area contributed by atoms with Gasteiger partial charge in [0, 0.05) is 18.1 Å². The third-order valence-electron chi connectivity index (χ3n) is 3.65. The first kappa shape index (κ1) is 15.2. The normalized spacial score (nSPS) is 16.2. The van der Waals surface area contributed by atoms with Crippen LogP contribution in [0.5, 0.6) is 11.5 Å². The number of carbonyl (C=O) groups is 1. The maximum atomic E-state index is 12.2. The number of hydrogen-bond acceptors (Lipinski definition) is 5. The van der Waals surface area contributed by atoms with Crippen molar-refractivity contribution >= 4 is 11.8 Å². The van der Waals surface area contributed by atoms with E-state index in [-0.39, 0.29) is 12.1 Å². The average Bonchev–Trinajstić information content (AvgIpc) is 2.92. The Morgan fingerprint density at radius 3 is 2.87 bits per heavy atom. The first-order valence-corrected chi connectivity index (χ1v) is 7.39. The summed E-state index contributed by atoms with van der Waals surface area (Å²) in [5, 5.41) is 9.34. The molecule has 0 spiro atoms. The van der Waals surface area contributed by atoms with Gasteiger partial charge in [-0.2, -0.15) is 0 Å². The van der Waals surface area contributed by atoms with E-state index in [1.54, 1.807) is 20.1 Å². The number of fused-ring (bicyclic) bond motifs is 1. The second-order valence-corrected chi connectivity index (χ2v) is 5.50. The Kier molecular flexibility index (Phi) is 4.10. The zero-order valence-corrected chi connectivity index (χ0v) is 13.3. The summed E-state index contributed by atoms with van der Waals surface area (Å²) in [6.45, 7) is 4.26. The molecule has 0 radical (unpaired) electrons. The van der Waals surface area contributed by atoms with Gasteiger partial charge in [-0.05, 0) is 25.5 Å². The van der Waals surface area contributed by atoms with Gasteiger partial charge < -0.3 is 19.3 Å². The molecule has 2 heterocycles. The van der Waals surface area contributed by atoms with Gasteiger partial charge in [-0.1, -0.05) is 11.2 Å². The summed E-state index contributed by atoms with van der Waals surface area (Å²) in [7, 11) is 1.61. The molecule has 7 heteroatoms. The number of carbonyl (C=O) groups excluding carboxylic acids is 1. The Morgan fingerprint density at radius 2 is 2.17 bits per heavy atom. The minimum Gasteiger partial charge on any atom is -0.493 e. The Morgan fingerprint density at radius 1 is 1.35 bits per heavy atom. The molecule has 0 unspecified atom stereocenters. The number of ether oxygens (including phenoxy) is 2.